The van der Waals surface area contributed by atoms with Crippen LogP contribution in [0, 0.1) is 0 Å². The lowest BCUT2D eigenvalue weighted by molar-refractivity contribution is -0.0476. The maximum absolute atomic E-state index is 11.5. The molecule has 0 saturated carbocycles. The van der Waals surface area contributed by atoms with E-state index in [4.69, 9.17) is 5.73 Å². The molecule has 0 aliphatic rings. The van der Waals surface area contributed by atoms with Crippen LogP contribution in [0.2, 0.25) is 0 Å². The zero-order valence-corrected chi connectivity index (χ0v) is 14.5. The Labute approximate surface area is 144 Å². The van der Waals surface area contributed by atoms with Crippen LogP contribution in [-0.2, 0) is 20.0 Å². The van der Waals surface area contributed by atoms with Crippen molar-refractivity contribution in [3.63, 3.8) is 0 Å². The maximum Gasteiger partial charge on any atom is 0.512 e. The molecule has 3 N–H and O–H groups in total. The van der Waals surface area contributed by atoms with E-state index in [9.17, 15) is 43.2 Å². The molecule has 0 bridgehead atoms. The van der Waals surface area contributed by atoms with Gasteiger partial charge in [-0.1, -0.05) is 17.6 Å². The third kappa shape index (κ3) is 6.26. The Bertz CT molecular complexity index is 771. The van der Waals surface area contributed by atoms with E-state index in [1.807, 2.05) is 17.7 Å². The Morgan fingerprint density at radius 2 is 1.62 bits per heavy atom. The Hall–Kier alpha value is -1.65. The lowest BCUT2D eigenvalue weighted by atomic mass is 10.2. The van der Waals surface area contributed by atoms with Gasteiger partial charge in [-0.05, 0) is 6.42 Å². The molecule has 0 spiro atoms. The quantitative estimate of drug-likeness (QED) is 0.682. The number of alkyl halides is 6. The number of nitrogens with zero attached hydrogens (tertiary/aromatic N) is 2. The fourth-order valence-electron chi connectivity index (χ4n) is 1.19. The highest BCUT2D eigenvalue weighted by molar-refractivity contribution is 8.05. The third-order valence-electron chi connectivity index (χ3n) is 2.50. The summed E-state index contributed by atoms with van der Waals surface area (Å²) in [6.45, 7) is 5.68. The Balaban J connectivity index is 0.000000502. The first kappa shape index (κ1) is 24.3. The van der Waals surface area contributed by atoms with Crippen molar-refractivity contribution in [3.05, 3.63) is 24.8 Å². The summed E-state index contributed by atoms with van der Waals surface area (Å²) in [4.78, 5) is 4.12. The van der Waals surface area contributed by atoms with Crippen LogP contribution < -0.4 is 9.86 Å². The van der Waals surface area contributed by atoms with Crippen molar-refractivity contribution in [3.8, 4) is 0 Å². The second-order valence-electron chi connectivity index (χ2n) is 4.37. The van der Waals surface area contributed by atoms with Crippen LogP contribution >= 0.6 is 0 Å². The largest absolute Gasteiger partial charge is 0.512 e. The molecule has 8 nitrogen and oxygen atoms in total. The predicted octanol–water partition coefficient (Wildman–Crippen LogP) is 1.67. The monoisotopic (exact) mass is 432 g/mol. The molecule has 152 valence electrons. The van der Waals surface area contributed by atoms with Crippen LogP contribution in [0.3, 0.4) is 0 Å². The number of sulfonamides is 2. The van der Waals surface area contributed by atoms with Gasteiger partial charge in [-0.15, -0.1) is 0 Å². The molecule has 1 unspecified atom stereocenters. The summed E-state index contributed by atoms with van der Waals surface area (Å²) < 4.78 is 110. The number of nitrogens with one attached hydrogen (secondary N) is 1. The molecule has 1 heterocycles. The predicted molar refractivity (Wildman–Crippen MR) is 78.9 cm³/mol. The second-order valence-corrected chi connectivity index (χ2v) is 7.98. The van der Waals surface area contributed by atoms with E-state index in [1.54, 1.807) is 12.4 Å². The first-order valence-electron chi connectivity index (χ1n) is 6.32. The number of nitrogens with two attached hydrogens (primary N) is 1. The minimum Gasteiger partial charge on any atom is -0.321 e. The van der Waals surface area contributed by atoms with Gasteiger partial charge in [-0.3, -0.25) is 0 Å². The van der Waals surface area contributed by atoms with Crippen molar-refractivity contribution in [2.45, 2.75) is 30.4 Å². The molecule has 0 aliphatic heterocycles. The van der Waals surface area contributed by atoms with Gasteiger partial charge in [0, 0.05) is 18.6 Å². The van der Waals surface area contributed by atoms with E-state index in [-0.39, 0.29) is 6.04 Å². The molecular formula is C10H14F6N4O4S2. The first-order chi connectivity index (χ1) is 11.5. The fourth-order valence-corrected chi connectivity index (χ4v) is 3.10. The Morgan fingerprint density at radius 1 is 1.19 bits per heavy atom. The van der Waals surface area contributed by atoms with Gasteiger partial charge >= 0.3 is 31.1 Å². The zero-order valence-electron chi connectivity index (χ0n) is 12.9. The second kappa shape index (κ2) is 8.36. The van der Waals surface area contributed by atoms with Crippen molar-refractivity contribution in [1.82, 2.24) is 13.7 Å². The van der Waals surface area contributed by atoms with Crippen LogP contribution in [0.15, 0.2) is 19.0 Å². The van der Waals surface area contributed by atoms with Crippen LogP contribution in [-0.4, -0.2) is 37.4 Å². The molecule has 1 aromatic heterocycles. The molecule has 16 heteroatoms. The zero-order chi connectivity index (χ0) is 21.0. The van der Waals surface area contributed by atoms with Crippen molar-refractivity contribution >= 4 is 26.2 Å². The molecule has 1 rings (SSSR count). The summed E-state index contributed by atoms with van der Waals surface area (Å²) in [5.74, 6) is 0.877. The smallest absolute Gasteiger partial charge is 0.321 e. The van der Waals surface area contributed by atoms with Gasteiger partial charge in [0.25, 0.3) is 0 Å². The molecule has 0 saturated heterocycles. The molecule has 26 heavy (non-hydrogen) atoms. The number of hydrogen-bond donors (Lipinski definition) is 2. The minimum atomic E-state index is -6.60. The topological polar surface area (TPSA) is 124 Å². The molecule has 0 aromatic carbocycles. The SMILES string of the molecule is C=Cn1ccnc1C(N)CC.O=S(=O)(NS(=O)(=O)C(F)(F)F)C(F)(F)F. The average molecular weight is 432 g/mol. The van der Waals surface area contributed by atoms with E-state index < -0.39 is 35.2 Å². The molecule has 0 aliphatic carbocycles. The summed E-state index contributed by atoms with van der Waals surface area (Å²) in [5, 5.41) is 0. The molecular weight excluding hydrogens is 418 g/mol. The van der Waals surface area contributed by atoms with Gasteiger partial charge in [0.2, 0.25) is 0 Å². The summed E-state index contributed by atoms with van der Waals surface area (Å²) in [5.41, 5.74) is -6.51. The van der Waals surface area contributed by atoms with Crippen LogP contribution in [0.25, 0.3) is 6.20 Å². The average Bonchev–Trinajstić information content (AvgIpc) is 2.92. The summed E-state index contributed by atoms with van der Waals surface area (Å²) >= 11 is 0. The third-order valence-corrected chi connectivity index (χ3v) is 5.47. The van der Waals surface area contributed by atoms with Crippen molar-refractivity contribution < 1.29 is 43.2 Å². The van der Waals surface area contributed by atoms with Gasteiger partial charge in [0.15, 0.2) is 0 Å². The number of imidazole rings is 1. The van der Waals surface area contributed by atoms with Gasteiger partial charge < -0.3 is 10.3 Å². The Kier molecular flexibility index (Phi) is 7.83. The van der Waals surface area contributed by atoms with Crippen LogP contribution in [0.5, 0.6) is 0 Å². The minimum absolute atomic E-state index is 0.0167. The molecule has 0 radical (unpaired) electrons. The lowest BCUT2D eigenvalue weighted by Gasteiger charge is -2.11. The number of halogens is 6. The molecule has 0 fully saturated rings. The van der Waals surface area contributed by atoms with Crippen molar-refractivity contribution in [2.24, 2.45) is 5.73 Å². The first-order valence-corrected chi connectivity index (χ1v) is 9.28. The molecule has 0 amide bonds. The standard InChI is InChI=1S/C8H13N3.C2HF6NO4S2/c1-3-7(9)8-10-5-6-11(8)4-2;3-1(4,5)14(10,11)9-15(12,13)2(6,7)8/h4-7H,2-3,9H2,1H3;9H. The number of rotatable bonds is 5. The molecule has 1 atom stereocenters. The van der Waals surface area contributed by atoms with Gasteiger partial charge in [-0.2, -0.15) is 26.3 Å². The van der Waals surface area contributed by atoms with Gasteiger partial charge in [0.1, 0.15) is 5.82 Å². The highest BCUT2D eigenvalue weighted by atomic mass is 32.3. The van der Waals surface area contributed by atoms with E-state index in [1.165, 1.54) is 0 Å². The van der Waals surface area contributed by atoms with E-state index >= 15 is 0 Å². The van der Waals surface area contributed by atoms with Gasteiger partial charge in [0.05, 0.1) is 6.04 Å². The van der Waals surface area contributed by atoms with Crippen molar-refractivity contribution in [1.29, 1.82) is 0 Å². The summed E-state index contributed by atoms with van der Waals surface area (Å²) in [6.07, 6.45) is 6.17. The van der Waals surface area contributed by atoms with Crippen molar-refractivity contribution in [2.75, 3.05) is 0 Å². The maximum atomic E-state index is 11.5. The van der Waals surface area contributed by atoms with E-state index in [0.717, 1.165) is 12.2 Å². The highest BCUT2D eigenvalue weighted by Crippen LogP contribution is 2.27. The van der Waals surface area contributed by atoms with Crippen LogP contribution in [0.1, 0.15) is 25.2 Å². The number of aromatic nitrogens is 2. The lowest BCUT2D eigenvalue weighted by Crippen LogP contribution is -2.45. The van der Waals surface area contributed by atoms with Gasteiger partial charge in [-0.25, -0.2) is 21.8 Å². The summed E-state index contributed by atoms with van der Waals surface area (Å²) in [6, 6.07) is 0.0167. The van der Waals surface area contributed by atoms with E-state index in [0.29, 0.717) is 0 Å². The number of hydrogen-bond acceptors (Lipinski definition) is 6. The normalized spacial score (nSPS) is 14.3. The van der Waals surface area contributed by atoms with E-state index in [2.05, 4.69) is 11.6 Å². The van der Waals surface area contributed by atoms with Crippen LogP contribution in [0.4, 0.5) is 26.3 Å². The fraction of sp³-hybridized carbons (Fsp3) is 0.500. The Morgan fingerprint density at radius 3 is 1.92 bits per heavy atom. The highest BCUT2D eigenvalue weighted by Gasteiger charge is 2.55. The summed E-state index contributed by atoms with van der Waals surface area (Å²) in [7, 11) is -13.2. The molecule has 1 aromatic rings.